The molecule has 0 aromatic heterocycles. The zero-order valence-corrected chi connectivity index (χ0v) is 7.70. The summed E-state index contributed by atoms with van der Waals surface area (Å²) in [4.78, 5) is 23.5. The maximum atomic E-state index is 11.2. The Morgan fingerprint density at radius 1 is 1.46 bits per heavy atom. The van der Waals surface area contributed by atoms with Gasteiger partial charge in [-0.1, -0.05) is 6.92 Å². The number of hydrogen-bond acceptors (Lipinski definition) is 2. The van der Waals surface area contributed by atoms with Gasteiger partial charge in [-0.3, -0.25) is 9.59 Å². The molecule has 0 saturated heterocycles. The molecule has 0 aliphatic carbocycles. The van der Waals surface area contributed by atoms with E-state index in [1.54, 1.807) is 13.0 Å². The normalized spacial score (nSPS) is 14.8. The van der Waals surface area contributed by atoms with Crippen molar-refractivity contribution < 1.29 is 9.59 Å². The third-order valence-corrected chi connectivity index (χ3v) is 1.73. The predicted octanol–water partition coefficient (Wildman–Crippen LogP) is 1.38. The van der Waals surface area contributed by atoms with Gasteiger partial charge in [-0.05, 0) is 19.4 Å². The van der Waals surface area contributed by atoms with Gasteiger partial charge in [-0.25, -0.2) is 4.90 Å². The van der Waals surface area contributed by atoms with Crippen molar-refractivity contribution in [3.05, 3.63) is 29.7 Å². The molecule has 0 aromatic rings. The summed E-state index contributed by atoms with van der Waals surface area (Å²) < 4.78 is 0. The number of rotatable bonds is 2. The van der Waals surface area contributed by atoms with E-state index in [9.17, 15) is 9.59 Å². The Bertz CT molecular complexity index is 315. The number of carbonyl (C=O) groups excluding carboxylic acids is 2. The van der Waals surface area contributed by atoms with Crippen LogP contribution in [-0.2, 0) is 9.59 Å². The Kier molecular flexibility index (Phi) is 2.83. The lowest BCUT2D eigenvalue weighted by Gasteiger charge is -2.13. The zero-order chi connectivity index (χ0) is 9.84. The summed E-state index contributed by atoms with van der Waals surface area (Å²) in [6, 6.07) is 0. The highest BCUT2D eigenvalue weighted by molar-refractivity contribution is 6.14. The first kappa shape index (κ1) is 9.49. The lowest BCUT2D eigenvalue weighted by atomic mass is 10.3. The van der Waals surface area contributed by atoms with Crippen LogP contribution < -0.4 is 0 Å². The number of carbonyl (C=O) groups is 2. The highest BCUT2D eigenvalue weighted by atomic mass is 16.2. The first-order valence-corrected chi connectivity index (χ1v) is 4.17. The minimum Gasteiger partial charge on any atom is -0.269 e. The SMILES string of the molecule is CC=C=C(CC)N1C(=O)C=CC1=O. The number of imide groups is 1. The Balaban J connectivity index is 3.01. The molecule has 0 saturated carbocycles. The van der Waals surface area contributed by atoms with Gasteiger partial charge in [0.05, 0.1) is 5.70 Å². The van der Waals surface area contributed by atoms with Crippen LogP contribution >= 0.6 is 0 Å². The van der Waals surface area contributed by atoms with E-state index in [1.807, 2.05) is 6.92 Å². The van der Waals surface area contributed by atoms with Crippen molar-refractivity contribution >= 4 is 11.8 Å². The standard InChI is InChI=1S/C10H11NO2/c1-3-5-8(4-2)11-9(12)6-7-10(11)13/h3,6-7H,4H2,1-2H3. The van der Waals surface area contributed by atoms with Crippen molar-refractivity contribution in [2.24, 2.45) is 0 Å². The molecule has 0 atom stereocenters. The summed E-state index contributed by atoms with van der Waals surface area (Å²) >= 11 is 0. The summed E-state index contributed by atoms with van der Waals surface area (Å²) in [6.07, 6.45) is 4.85. The Morgan fingerprint density at radius 2 is 2.00 bits per heavy atom. The van der Waals surface area contributed by atoms with Crippen LogP contribution in [0.4, 0.5) is 0 Å². The van der Waals surface area contributed by atoms with Crippen LogP contribution in [0.3, 0.4) is 0 Å². The molecule has 68 valence electrons. The van der Waals surface area contributed by atoms with E-state index in [0.29, 0.717) is 12.1 Å². The number of hydrogen-bond donors (Lipinski definition) is 0. The monoisotopic (exact) mass is 177 g/mol. The van der Waals surface area contributed by atoms with Crippen LogP contribution in [0, 0.1) is 0 Å². The highest BCUT2D eigenvalue weighted by Gasteiger charge is 2.25. The quantitative estimate of drug-likeness (QED) is 0.472. The second-order valence-corrected chi connectivity index (χ2v) is 2.58. The first-order chi connectivity index (χ1) is 6.20. The van der Waals surface area contributed by atoms with Gasteiger partial charge in [-0.15, -0.1) is 5.73 Å². The van der Waals surface area contributed by atoms with E-state index in [1.165, 1.54) is 12.2 Å². The van der Waals surface area contributed by atoms with Crippen LogP contribution in [0.1, 0.15) is 20.3 Å². The summed E-state index contributed by atoms with van der Waals surface area (Å²) in [7, 11) is 0. The van der Waals surface area contributed by atoms with Gasteiger partial charge in [-0.2, -0.15) is 0 Å². The fourth-order valence-corrected chi connectivity index (χ4v) is 1.16. The van der Waals surface area contributed by atoms with Crippen molar-refractivity contribution in [3.8, 4) is 0 Å². The van der Waals surface area contributed by atoms with Crippen LogP contribution in [0.25, 0.3) is 0 Å². The molecule has 3 nitrogen and oxygen atoms in total. The van der Waals surface area contributed by atoms with E-state index in [0.717, 1.165) is 4.90 Å². The first-order valence-electron chi connectivity index (χ1n) is 4.17. The second kappa shape index (κ2) is 3.87. The van der Waals surface area contributed by atoms with Gasteiger partial charge in [0.2, 0.25) is 0 Å². The van der Waals surface area contributed by atoms with Crippen LogP contribution in [-0.4, -0.2) is 16.7 Å². The molecule has 0 N–H and O–H groups in total. The van der Waals surface area contributed by atoms with E-state index in [-0.39, 0.29) is 11.8 Å². The van der Waals surface area contributed by atoms with Gasteiger partial charge in [0.1, 0.15) is 0 Å². The molecule has 0 unspecified atom stereocenters. The van der Waals surface area contributed by atoms with E-state index >= 15 is 0 Å². The van der Waals surface area contributed by atoms with Crippen molar-refractivity contribution in [1.29, 1.82) is 0 Å². The zero-order valence-electron chi connectivity index (χ0n) is 7.70. The molecular formula is C10H11NO2. The minimum absolute atomic E-state index is 0.281. The Morgan fingerprint density at radius 3 is 2.38 bits per heavy atom. The van der Waals surface area contributed by atoms with E-state index in [4.69, 9.17) is 0 Å². The van der Waals surface area contributed by atoms with E-state index in [2.05, 4.69) is 5.73 Å². The minimum atomic E-state index is -0.281. The van der Waals surface area contributed by atoms with Crippen molar-refractivity contribution in [3.63, 3.8) is 0 Å². The largest absolute Gasteiger partial charge is 0.269 e. The fraction of sp³-hybridized carbons (Fsp3) is 0.300. The maximum absolute atomic E-state index is 11.2. The van der Waals surface area contributed by atoms with Crippen LogP contribution in [0.5, 0.6) is 0 Å². The highest BCUT2D eigenvalue weighted by Crippen LogP contribution is 2.13. The second-order valence-electron chi connectivity index (χ2n) is 2.58. The topological polar surface area (TPSA) is 37.4 Å². The maximum Gasteiger partial charge on any atom is 0.258 e. The Hall–Kier alpha value is -1.60. The summed E-state index contributed by atoms with van der Waals surface area (Å²) in [5.41, 5.74) is 3.48. The molecule has 0 bridgehead atoms. The molecule has 13 heavy (non-hydrogen) atoms. The number of nitrogens with zero attached hydrogens (tertiary/aromatic N) is 1. The summed E-state index contributed by atoms with van der Waals surface area (Å²) in [5, 5.41) is 0. The number of allylic oxidation sites excluding steroid dienone is 1. The molecule has 0 radical (unpaired) electrons. The van der Waals surface area contributed by atoms with Crippen molar-refractivity contribution in [2.45, 2.75) is 20.3 Å². The average molecular weight is 177 g/mol. The third kappa shape index (κ3) is 1.76. The summed E-state index contributed by atoms with van der Waals surface area (Å²) in [6.45, 7) is 3.68. The van der Waals surface area contributed by atoms with E-state index < -0.39 is 0 Å². The molecular weight excluding hydrogens is 166 g/mol. The lowest BCUT2D eigenvalue weighted by Crippen LogP contribution is -2.28. The molecule has 0 spiro atoms. The van der Waals surface area contributed by atoms with Crippen molar-refractivity contribution in [1.82, 2.24) is 4.90 Å². The predicted molar refractivity (Wildman–Crippen MR) is 48.6 cm³/mol. The molecule has 1 aliphatic rings. The molecule has 0 aromatic carbocycles. The molecule has 3 heteroatoms. The third-order valence-electron chi connectivity index (χ3n) is 1.73. The van der Waals surface area contributed by atoms with Crippen LogP contribution in [0.2, 0.25) is 0 Å². The molecule has 0 fully saturated rings. The molecule has 2 amide bonds. The van der Waals surface area contributed by atoms with Gasteiger partial charge in [0.25, 0.3) is 11.8 Å². The molecule has 1 aliphatic heterocycles. The van der Waals surface area contributed by atoms with Crippen LogP contribution in [0.15, 0.2) is 29.7 Å². The lowest BCUT2D eigenvalue weighted by molar-refractivity contribution is -0.134. The van der Waals surface area contributed by atoms with Gasteiger partial charge < -0.3 is 0 Å². The number of amides is 2. The summed E-state index contributed by atoms with van der Waals surface area (Å²) in [5.74, 6) is -0.563. The van der Waals surface area contributed by atoms with Crippen molar-refractivity contribution in [2.75, 3.05) is 0 Å². The molecule has 1 rings (SSSR count). The molecule has 1 heterocycles. The fourth-order valence-electron chi connectivity index (χ4n) is 1.16. The van der Waals surface area contributed by atoms with Gasteiger partial charge >= 0.3 is 0 Å². The Labute approximate surface area is 77.0 Å². The van der Waals surface area contributed by atoms with Gasteiger partial charge in [0, 0.05) is 12.2 Å². The average Bonchev–Trinajstić information content (AvgIpc) is 2.43. The van der Waals surface area contributed by atoms with Gasteiger partial charge in [0.15, 0.2) is 0 Å². The smallest absolute Gasteiger partial charge is 0.258 e.